The van der Waals surface area contributed by atoms with Gasteiger partial charge in [0.15, 0.2) is 6.29 Å². The van der Waals surface area contributed by atoms with E-state index in [0.29, 0.717) is 25.5 Å². The summed E-state index contributed by atoms with van der Waals surface area (Å²) in [5, 5.41) is 11.3. The number of hydrogen-bond donors (Lipinski definition) is 0. The summed E-state index contributed by atoms with van der Waals surface area (Å²) in [4.78, 5) is 35.3. The van der Waals surface area contributed by atoms with Gasteiger partial charge in [0.05, 0.1) is 22.1 Å². The monoisotopic (exact) mass is 390 g/mol. The molecule has 0 atom stereocenters. The van der Waals surface area contributed by atoms with Crippen molar-refractivity contribution in [2.24, 2.45) is 0 Å². The first-order valence-corrected chi connectivity index (χ1v) is 8.70. The molecule has 0 heterocycles. The van der Waals surface area contributed by atoms with Crippen molar-refractivity contribution in [3.63, 3.8) is 0 Å². The van der Waals surface area contributed by atoms with E-state index < -0.39 is 10.6 Å². The fraction of sp³-hybridized carbons (Fsp3) is 0.263. The quantitative estimate of drug-likeness (QED) is 0.276. The number of para-hydroxylation sites is 1. The molecule has 27 heavy (non-hydrogen) atoms. The second-order valence-electron chi connectivity index (χ2n) is 5.78. The van der Waals surface area contributed by atoms with E-state index >= 15 is 0 Å². The largest absolute Gasteiger partial charge is 0.486 e. The van der Waals surface area contributed by atoms with Crippen LogP contribution in [0.3, 0.4) is 0 Å². The van der Waals surface area contributed by atoms with Crippen molar-refractivity contribution in [1.29, 1.82) is 0 Å². The molecular weight excluding hydrogens is 372 g/mol. The van der Waals surface area contributed by atoms with Crippen LogP contribution < -0.4 is 9.64 Å². The van der Waals surface area contributed by atoms with E-state index in [1.807, 2.05) is 30.3 Å². The van der Waals surface area contributed by atoms with E-state index in [2.05, 4.69) is 0 Å². The minimum absolute atomic E-state index is 0.0341. The SMILES string of the molecule is CN(C(=O)CCCCOc1c(Cl)ccc(C=O)c1[N+](=O)[O-])c1ccccc1. The molecular formula is C19H19ClN2O5. The number of benzene rings is 2. The van der Waals surface area contributed by atoms with Gasteiger partial charge in [0.2, 0.25) is 11.7 Å². The summed E-state index contributed by atoms with van der Waals surface area (Å²) in [5.74, 6) is -0.160. The van der Waals surface area contributed by atoms with Gasteiger partial charge in [-0.3, -0.25) is 19.7 Å². The maximum absolute atomic E-state index is 12.2. The highest BCUT2D eigenvalue weighted by molar-refractivity contribution is 6.32. The summed E-state index contributed by atoms with van der Waals surface area (Å²) >= 11 is 5.97. The van der Waals surface area contributed by atoms with Gasteiger partial charge in [0.25, 0.3) is 0 Å². The molecule has 7 nitrogen and oxygen atoms in total. The lowest BCUT2D eigenvalue weighted by Crippen LogP contribution is -2.25. The zero-order valence-electron chi connectivity index (χ0n) is 14.8. The lowest BCUT2D eigenvalue weighted by atomic mass is 10.2. The average molecular weight is 391 g/mol. The number of halogens is 1. The van der Waals surface area contributed by atoms with Crippen molar-refractivity contribution in [2.75, 3.05) is 18.6 Å². The van der Waals surface area contributed by atoms with E-state index in [9.17, 15) is 19.7 Å². The second-order valence-corrected chi connectivity index (χ2v) is 6.19. The van der Waals surface area contributed by atoms with Gasteiger partial charge in [0, 0.05) is 19.2 Å². The maximum Gasteiger partial charge on any atom is 0.322 e. The van der Waals surface area contributed by atoms with Crippen LogP contribution in [0, 0.1) is 10.1 Å². The van der Waals surface area contributed by atoms with Crippen molar-refractivity contribution in [2.45, 2.75) is 19.3 Å². The molecule has 0 aliphatic heterocycles. The first kappa shape index (κ1) is 20.4. The van der Waals surface area contributed by atoms with Crippen LogP contribution in [0.15, 0.2) is 42.5 Å². The lowest BCUT2D eigenvalue weighted by Gasteiger charge is -2.17. The fourth-order valence-corrected chi connectivity index (χ4v) is 2.71. The van der Waals surface area contributed by atoms with Gasteiger partial charge in [0.1, 0.15) is 0 Å². The van der Waals surface area contributed by atoms with Crippen LogP contribution in [0.4, 0.5) is 11.4 Å². The number of ether oxygens (including phenoxy) is 1. The topological polar surface area (TPSA) is 89.8 Å². The second kappa shape index (κ2) is 9.68. The van der Waals surface area contributed by atoms with Gasteiger partial charge in [-0.15, -0.1) is 0 Å². The number of nitro groups is 1. The van der Waals surface area contributed by atoms with Gasteiger partial charge in [-0.05, 0) is 37.1 Å². The van der Waals surface area contributed by atoms with Crippen LogP contribution in [0.25, 0.3) is 0 Å². The van der Waals surface area contributed by atoms with Crippen molar-refractivity contribution >= 4 is 35.2 Å². The number of aldehydes is 1. The fourth-order valence-electron chi connectivity index (χ4n) is 2.50. The predicted molar refractivity (Wildman–Crippen MR) is 103 cm³/mol. The highest BCUT2D eigenvalue weighted by atomic mass is 35.5. The normalized spacial score (nSPS) is 10.3. The smallest absolute Gasteiger partial charge is 0.322 e. The van der Waals surface area contributed by atoms with Crippen LogP contribution in [-0.4, -0.2) is 30.8 Å². The number of carbonyl (C=O) groups is 2. The predicted octanol–water partition coefficient (Wildman–Crippen LogP) is 4.27. The Kier molecular flexibility index (Phi) is 7.31. The maximum atomic E-state index is 12.2. The number of rotatable bonds is 9. The number of carbonyl (C=O) groups excluding carboxylic acids is 2. The Morgan fingerprint density at radius 2 is 1.93 bits per heavy atom. The molecule has 2 aromatic rings. The van der Waals surface area contributed by atoms with Gasteiger partial charge >= 0.3 is 5.69 Å². The molecule has 1 amide bonds. The van der Waals surface area contributed by atoms with Crippen LogP contribution in [0.5, 0.6) is 5.75 Å². The molecule has 0 fully saturated rings. The lowest BCUT2D eigenvalue weighted by molar-refractivity contribution is -0.386. The third-order valence-corrected chi connectivity index (χ3v) is 4.27. The minimum Gasteiger partial charge on any atom is -0.486 e. The number of nitro benzene ring substituents is 1. The Hall–Kier alpha value is -2.93. The zero-order valence-corrected chi connectivity index (χ0v) is 15.5. The highest BCUT2D eigenvalue weighted by Crippen LogP contribution is 2.37. The molecule has 0 bridgehead atoms. The van der Waals surface area contributed by atoms with Crippen molar-refractivity contribution in [1.82, 2.24) is 0 Å². The molecule has 0 aliphatic rings. The molecule has 0 saturated carbocycles. The molecule has 0 unspecified atom stereocenters. The summed E-state index contributed by atoms with van der Waals surface area (Å²) < 4.78 is 5.44. The van der Waals surface area contributed by atoms with Gasteiger partial charge in [-0.2, -0.15) is 0 Å². The molecule has 0 N–H and O–H groups in total. The molecule has 8 heteroatoms. The third-order valence-electron chi connectivity index (χ3n) is 3.97. The number of nitrogens with zero attached hydrogens (tertiary/aromatic N) is 2. The molecule has 142 valence electrons. The van der Waals surface area contributed by atoms with E-state index in [4.69, 9.17) is 16.3 Å². The van der Waals surface area contributed by atoms with Crippen LogP contribution in [0.2, 0.25) is 5.02 Å². The van der Waals surface area contributed by atoms with Crippen molar-refractivity contribution in [3.8, 4) is 5.75 Å². The Balaban J connectivity index is 1.88. The third kappa shape index (κ3) is 5.27. The first-order valence-electron chi connectivity index (χ1n) is 8.32. The summed E-state index contributed by atoms with van der Waals surface area (Å²) in [6.07, 6.45) is 1.76. The van der Waals surface area contributed by atoms with Crippen molar-refractivity contribution < 1.29 is 19.2 Å². The number of amides is 1. The molecule has 2 aromatic carbocycles. The number of anilines is 1. The Labute approximate surface area is 161 Å². The Morgan fingerprint density at radius 3 is 2.56 bits per heavy atom. The molecule has 0 spiro atoms. The van der Waals surface area contributed by atoms with E-state index in [0.717, 1.165) is 5.69 Å². The highest BCUT2D eigenvalue weighted by Gasteiger charge is 2.24. The minimum atomic E-state index is -0.691. The Morgan fingerprint density at radius 1 is 1.22 bits per heavy atom. The van der Waals surface area contributed by atoms with Gasteiger partial charge in [-0.25, -0.2) is 0 Å². The van der Waals surface area contributed by atoms with Gasteiger partial charge in [-0.1, -0.05) is 29.8 Å². The summed E-state index contributed by atoms with van der Waals surface area (Å²) in [6, 6.07) is 12.0. The number of hydrogen-bond acceptors (Lipinski definition) is 5. The van der Waals surface area contributed by atoms with Gasteiger partial charge < -0.3 is 9.64 Å². The molecule has 0 radical (unpaired) electrons. The molecule has 0 aromatic heterocycles. The Bertz CT molecular complexity index is 826. The van der Waals surface area contributed by atoms with E-state index in [1.165, 1.54) is 12.1 Å². The van der Waals surface area contributed by atoms with Crippen LogP contribution in [0.1, 0.15) is 29.6 Å². The molecule has 2 rings (SSSR count). The van der Waals surface area contributed by atoms with E-state index in [1.54, 1.807) is 11.9 Å². The zero-order chi connectivity index (χ0) is 19.8. The number of unbranched alkanes of at least 4 members (excludes halogenated alkanes) is 1. The average Bonchev–Trinajstić information content (AvgIpc) is 2.68. The molecule has 0 aliphatic carbocycles. The summed E-state index contributed by atoms with van der Waals surface area (Å²) in [5.41, 5.74) is 0.267. The van der Waals surface area contributed by atoms with Crippen LogP contribution in [-0.2, 0) is 4.79 Å². The first-order chi connectivity index (χ1) is 13.0. The summed E-state index contributed by atoms with van der Waals surface area (Å²) in [6.45, 7) is 0.144. The van der Waals surface area contributed by atoms with Crippen molar-refractivity contribution in [3.05, 3.63) is 63.2 Å². The standard InChI is InChI=1S/C19H19ClN2O5/c1-21(15-7-3-2-4-8-15)17(24)9-5-6-12-27-19-16(20)11-10-14(13-23)18(19)22(25)26/h2-4,7-8,10-11,13H,5-6,9,12H2,1H3. The molecule has 0 saturated heterocycles. The van der Waals surface area contributed by atoms with E-state index in [-0.39, 0.29) is 28.8 Å². The van der Waals surface area contributed by atoms with Crippen LogP contribution >= 0.6 is 11.6 Å². The summed E-state index contributed by atoms with van der Waals surface area (Å²) in [7, 11) is 1.71.